The van der Waals surface area contributed by atoms with Crippen molar-refractivity contribution in [3.05, 3.63) is 65.1 Å². The summed E-state index contributed by atoms with van der Waals surface area (Å²) in [6.45, 7) is 1.87. The number of carbonyl (C=O) groups excluding carboxylic acids is 1. The summed E-state index contributed by atoms with van der Waals surface area (Å²) in [5.74, 6) is -0.440. The third-order valence-electron chi connectivity index (χ3n) is 6.91. The molecule has 0 aliphatic heterocycles. The summed E-state index contributed by atoms with van der Waals surface area (Å²) in [6.07, 6.45) is 7.39. The van der Waals surface area contributed by atoms with E-state index in [9.17, 15) is 18.5 Å². The lowest BCUT2D eigenvalue weighted by atomic mass is 9.84. The molecule has 1 N–H and O–H groups in total. The number of nitriles is 1. The van der Waals surface area contributed by atoms with Crippen molar-refractivity contribution in [3.8, 4) is 17.3 Å². The lowest BCUT2D eigenvalue weighted by Gasteiger charge is -2.30. The van der Waals surface area contributed by atoms with Crippen molar-refractivity contribution >= 4 is 44.6 Å². The number of carbonyl (C=O) groups is 1. The second-order valence-electron chi connectivity index (χ2n) is 9.41. The Morgan fingerprint density at radius 1 is 1.18 bits per heavy atom. The zero-order chi connectivity index (χ0) is 27.7. The number of benzene rings is 1. The fraction of sp³-hybridized carbons (Fsp3) is 0.296. The standard InChI is InChI=1S/C27H25ClN6O4S/c1-16-7-9-19(10-8-16)39(36,37)34-15-22(21-11-18(28)14-30-25(21)34)24-17(12-29)13-31-27(33-24)32-23-6-4-3-5-20(23)26(35)38-2/h7-11,13-15,20,23H,3-6H2,1-2H3,(H,31,32,33)/t20-,23-/m0/s1. The van der Waals surface area contributed by atoms with Crippen LogP contribution in [0, 0.1) is 24.2 Å². The molecule has 0 unspecified atom stereocenters. The first-order valence-electron chi connectivity index (χ1n) is 12.3. The molecule has 1 fully saturated rings. The van der Waals surface area contributed by atoms with E-state index in [4.69, 9.17) is 16.3 Å². The average Bonchev–Trinajstić information content (AvgIpc) is 3.32. The average molecular weight is 565 g/mol. The number of halogens is 1. The first-order chi connectivity index (χ1) is 18.7. The van der Waals surface area contributed by atoms with Crippen LogP contribution in [0.4, 0.5) is 5.95 Å². The molecule has 1 aliphatic rings. The molecule has 1 aliphatic carbocycles. The molecule has 0 bridgehead atoms. The summed E-state index contributed by atoms with van der Waals surface area (Å²) in [5.41, 5.74) is 1.77. The topological polar surface area (TPSA) is 140 Å². The Hall–Kier alpha value is -4.01. The fourth-order valence-corrected chi connectivity index (χ4v) is 6.37. The molecule has 4 aromatic rings. The Morgan fingerprint density at radius 2 is 1.92 bits per heavy atom. The largest absolute Gasteiger partial charge is 0.469 e. The smallest absolute Gasteiger partial charge is 0.310 e. The van der Waals surface area contributed by atoms with Gasteiger partial charge in [-0.25, -0.2) is 27.3 Å². The number of pyridine rings is 1. The van der Waals surface area contributed by atoms with E-state index in [0.717, 1.165) is 28.8 Å². The Bertz CT molecular complexity index is 1710. The third kappa shape index (κ3) is 5.05. The predicted molar refractivity (Wildman–Crippen MR) is 146 cm³/mol. The molecule has 0 amide bonds. The van der Waals surface area contributed by atoms with Crippen LogP contribution in [0.2, 0.25) is 5.02 Å². The number of hydrogen-bond acceptors (Lipinski definition) is 9. The van der Waals surface area contributed by atoms with E-state index in [1.54, 1.807) is 18.2 Å². The molecular weight excluding hydrogens is 540 g/mol. The van der Waals surface area contributed by atoms with Crippen LogP contribution in [-0.2, 0) is 19.6 Å². The van der Waals surface area contributed by atoms with Gasteiger partial charge < -0.3 is 10.1 Å². The Labute approximate surface area is 230 Å². The van der Waals surface area contributed by atoms with Crippen LogP contribution < -0.4 is 5.32 Å². The maximum absolute atomic E-state index is 13.6. The number of ether oxygens (including phenoxy) is 1. The predicted octanol–water partition coefficient (Wildman–Crippen LogP) is 4.71. The number of aromatic nitrogens is 4. The molecule has 3 aromatic heterocycles. The minimum Gasteiger partial charge on any atom is -0.469 e. The summed E-state index contributed by atoms with van der Waals surface area (Å²) >= 11 is 6.25. The molecule has 1 aromatic carbocycles. The van der Waals surface area contributed by atoms with E-state index in [2.05, 4.69) is 26.3 Å². The van der Waals surface area contributed by atoms with Gasteiger partial charge in [0.1, 0.15) is 6.07 Å². The van der Waals surface area contributed by atoms with Crippen molar-refractivity contribution in [2.75, 3.05) is 12.4 Å². The van der Waals surface area contributed by atoms with Gasteiger partial charge in [0.05, 0.1) is 40.4 Å². The number of fused-ring (bicyclic) bond motifs is 1. The molecule has 0 spiro atoms. The van der Waals surface area contributed by atoms with Gasteiger partial charge in [-0.05, 0) is 38.0 Å². The van der Waals surface area contributed by atoms with E-state index >= 15 is 0 Å². The van der Waals surface area contributed by atoms with Gasteiger partial charge in [0.25, 0.3) is 10.0 Å². The number of nitrogens with zero attached hydrogens (tertiary/aromatic N) is 5. The lowest BCUT2D eigenvalue weighted by molar-refractivity contribution is -0.146. The van der Waals surface area contributed by atoms with Crippen LogP contribution in [0.25, 0.3) is 22.3 Å². The van der Waals surface area contributed by atoms with Crippen molar-refractivity contribution in [2.24, 2.45) is 5.92 Å². The Kier molecular flexibility index (Phi) is 7.25. The summed E-state index contributed by atoms with van der Waals surface area (Å²) in [4.78, 5) is 25.6. The van der Waals surface area contributed by atoms with Crippen molar-refractivity contribution in [1.82, 2.24) is 18.9 Å². The number of methoxy groups -OCH3 is 1. The first kappa shape index (κ1) is 26.6. The van der Waals surface area contributed by atoms with Gasteiger partial charge in [0.15, 0.2) is 5.65 Å². The molecule has 2 atom stereocenters. The van der Waals surface area contributed by atoms with Crippen LogP contribution in [0.1, 0.15) is 36.8 Å². The number of nitrogens with one attached hydrogen (secondary N) is 1. The maximum Gasteiger partial charge on any atom is 0.310 e. The van der Waals surface area contributed by atoms with E-state index in [0.29, 0.717) is 22.4 Å². The quantitative estimate of drug-likeness (QED) is 0.330. The van der Waals surface area contributed by atoms with Crippen LogP contribution in [-0.4, -0.2) is 46.5 Å². The van der Waals surface area contributed by atoms with E-state index in [1.165, 1.54) is 37.8 Å². The molecule has 0 radical (unpaired) electrons. The van der Waals surface area contributed by atoms with Crippen LogP contribution in [0.15, 0.2) is 53.8 Å². The monoisotopic (exact) mass is 564 g/mol. The Balaban J connectivity index is 1.63. The van der Waals surface area contributed by atoms with Gasteiger partial charge in [-0.1, -0.05) is 42.1 Å². The normalized spacial score (nSPS) is 17.5. The molecule has 12 heteroatoms. The first-order valence-corrected chi connectivity index (χ1v) is 14.2. The number of aryl methyl sites for hydroxylation is 1. The lowest BCUT2D eigenvalue weighted by Crippen LogP contribution is -2.38. The van der Waals surface area contributed by atoms with Gasteiger partial charge in [0.2, 0.25) is 5.95 Å². The molecule has 1 saturated carbocycles. The van der Waals surface area contributed by atoms with Crippen LogP contribution >= 0.6 is 11.6 Å². The number of esters is 1. The molecule has 10 nitrogen and oxygen atoms in total. The van der Waals surface area contributed by atoms with Crippen molar-refractivity contribution < 1.29 is 17.9 Å². The minimum atomic E-state index is -4.04. The highest BCUT2D eigenvalue weighted by Gasteiger charge is 2.32. The SMILES string of the molecule is COC(=O)[C@H]1CCCC[C@@H]1Nc1ncc(C#N)c(-c2cn(S(=O)(=O)c3ccc(C)cc3)c3ncc(Cl)cc23)n1. The van der Waals surface area contributed by atoms with Crippen LogP contribution in [0.5, 0.6) is 0 Å². The van der Waals surface area contributed by atoms with Crippen molar-refractivity contribution in [2.45, 2.75) is 43.5 Å². The maximum atomic E-state index is 13.6. The number of hydrogen-bond donors (Lipinski definition) is 1. The van der Waals surface area contributed by atoms with Gasteiger partial charge in [-0.2, -0.15) is 5.26 Å². The molecule has 39 heavy (non-hydrogen) atoms. The highest BCUT2D eigenvalue weighted by molar-refractivity contribution is 7.90. The highest BCUT2D eigenvalue weighted by Crippen LogP contribution is 2.35. The summed E-state index contributed by atoms with van der Waals surface area (Å²) < 4.78 is 33.3. The highest BCUT2D eigenvalue weighted by atomic mass is 35.5. The molecule has 200 valence electrons. The van der Waals surface area contributed by atoms with Gasteiger partial charge in [-0.3, -0.25) is 4.79 Å². The van der Waals surface area contributed by atoms with E-state index in [-0.39, 0.29) is 45.7 Å². The molecule has 3 heterocycles. The van der Waals surface area contributed by atoms with Crippen molar-refractivity contribution in [1.29, 1.82) is 5.26 Å². The van der Waals surface area contributed by atoms with Gasteiger partial charge >= 0.3 is 5.97 Å². The number of anilines is 1. The summed E-state index contributed by atoms with van der Waals surface area (Å²) in [7, 11) is -2.67. The van der Waals surface area contributed by atoms with Gasteiger partial charge in [0, 0.05) is 29.4 Å². The van der Waals surface area contributed by atoms with Crippen molar-refractivity contribution in [3.63, 3.8) is 0 Å². The minimum absolute atomic E-state index is 0.0880. The summed E-state index contributed by atoms with van der Waals surface area (Å²) in [5, 5.41) is 13.8. The van der Waals surface area contributed by atoms with E-state index < -0.39 is 10.0 Å². The second-order valence-corrected chi connectivity index (χ2v) is 11.7. The number of rotatable bonds is 6. The zero-order valence-corrected chi connectivity index (χ0v) is 22.8. The van der Waals surface area contributed by atoms with E-state index in [1.807, 2.05) is 6.92 Å². The third-order valence-corrected chi connectivity index (χ3v) is 8.78. The molecular formula is C27H25ClN6O4S. The van der Waals surface area contributed by atoms with Gasteiger partial charge in [-0.15, -0.1) is 0 Å². The summed E-state index contributed by atoms with van der Waals surface area (Å²) in [6, 6.07) is 9.92. The fourth-order valence-electron chi connectivity index (χ4n) is 4.89. The molecule has 5 rings (SSSR count). The zero-order valence-electron chi connectivity index (χ0n) is 21.3. The van der Waals surface area contributed by atoms with Crippen LogP contribution in [0.3, 0.4) is 0 Å². The Morgan fingerprint density at radius 3 is 2.64 bits per heavy atom. The second kappa shape index (κ2) is 10.6. The molecule has 0 saturated heterocycles.